The lowest BCUT2D eigenvalue weighted by Gasteiger charge is -2.36. The highest BCUT2D eigenvalue weighted by Gasteiger charge is 2.38. The fourth-order valence-electron chi connectivity index (χ4n) is 2.32. The summed E-state index contributed by atoms with van der Waals surface area (Å²) < 4.78 is 0. The van der Waals surface area contributed by atoms with Crippen LogP contribution in [-0.2, 0) is 9.59 Å². The van der Waals surface area contributed by atoms with E-state index in [1.165, 1.54) is 0 Å². The van der Waals surface area contributed by atoms with Crippen molar-refractivity contribution < 1.29 is 9.59 Å². The number of nitrogens with one attached hydrogen (secondary N) is 3. The summed E-state index contributed by atoms with van der Waals surface area (Å²) in [6.07, 6.45) is 2.16. The number of piperidine rings is 1. The minimum absolute atomic E-state index is 0.0488. The Kier molecular flexibility index (Phi) is 5.14. The summed E-state index contributed by atoms with van der Waals surface area (Å²) in [6.45, 7) is 7.51. The maximum absolute atomic E-state index is 12.3. The second kappa shape index (κ2) is 6.18. The molecule has 5 nitrogen and oxygen atoms in total. The third-order valence-electron chi connectivity index (χ3n) is 3.89. The number of likely N-dealkylation sites (N-methyl/N-ethyl adjacent to an activating group) is 1. The van der Waals surface area contributed by atoms with Crippen LogP contribution in [0.25, 0.3) is 0 Å². The van der Waals surface area contributed by atoms with Crippen LogP contribution < -0.4 is 16.0 Å². The summed E-state index contributed by atoms with van der Waals surface area (Å²) in [5.41, 5.74) is -0.449. The molecule has 0 saturated carbocycles. The van der Waals surface area contributed by atoms with Gasteiger partial charge >= 0.3 is 0 Å². The topological polar surface area (TPSA) is 70.2 Å². The van der Waals surface area contributed by atoms with Gasteiger partial charge in [-0.25, -0.2) is 0 Å². The molecule has 18 heavy (non-hydrogen) atoms. The zero-order valence-corrected chi connectivity index (χ0v) is 11.8. The Labute approximate surface area is 109 Å². The first-order valence-corrected chi connectivity index (χ1v) is 6.63. The van der Waals surface area contributed by atoms with Crippen molar-refractivity contribution in [2.45, 2.75) is 39.7 Å². The molecule has 1 aliphatic rings. The number of hydrogen-bond donors (Lipinski definition) is 3. The Morgan fingerprint density at radius 1 is 1.39 bits per heavy atom. The van der Waals surface area contributed by atoms with Crippen molar-refractivity contribution in [3.05, 3.63) is 0 Å². The minimum atomic E-state index is -0.488. The van der Waals surface area contributed by atoms with E-state index in [9.17, 15) is 9.59 Å². The predicted octanol–water partition coefficient (Wildman–Crippen LogP) is 0.263. The van der Waals surface area contributed by atoms with Crippen molar-refractivity contribution in [2.75, 3.05) is 20.1 Å². The van der Waals surface area contributed by atoms with E-state index < -0.39 is 11.5 Å². The molecular formula is C13H25N3O2. The van der Waals surface area contributed by atoms with Crippen LogP contribution in [0.4, 0.5) is 0 Å². The molecule has 2 atom stereocenters. The maximum Gasteiger partial charge on any atom is 0.242 e. The Hall–Kier alpha value is -1.10. The smallest absolute Gasteiger partial charge is 0.242 e. The Morgan fingerprint density at radius 3 is 2.56 bits per heavy atom. The van der Waals surface area contributed by atoms with Gasteiger partial charge in [0.15, 0.2) is 0 Å². The van der Waals surface area contributed by atoms with Gasteiger partial charge in [0.05, 0.1) is 0 Å². The summed E-state index contributed by atoms with van der Waals surface area (Å²) in [7, 11) is 1.57. The van der Waals surface area contributed by atoms with E-state index in [-0.39, 0.29) is 11.8 Å². The highest BCUT2D eigenvalue weighted by molar-refractivity contribution is 5.89. The number of carbonyl (C=O) groups excluding carboxylic acids is 2. The van der Waals surface area contributed by atoms with Gasteiger partial charge in [0.2, 0.25) is 11.8 Å². The first-order chi connectivity index (χ1) is 8.39. The van der Waals surface area contributed by atoms with Gasteiger partial charge in [-0.1, -0.05) is 13.8 Å². The minimum Gasteiger partial charge on any atom is -0.357 e. The van der Waals surface area contributed by atoms with E-state index in [1.807, 2.05) is 13.8 Å². The van der Waals surface area contributed by atoms with Gasteiger partial charge < -0.3 is 16.0 Å². The van der Waals surface area contributed by atoms with Crippen LogP contribution in [0.5, 0.6) is 0 Å². The Bertz CT molecular complexity index is 309. The average molecular weight is 255 g/mol. The molecule has 0 aromatic rings. The quantitative estimate of drug-likeness (QED) is 0.675. The summed E-state index contributed by atoms with van der Waals surface area (Å²) in [5, 5.41) is 8.65. The van der Waals surface area contributed by atoms with E-state index in [0.717, 1.165) is 25.9 Å². The van der Waals surface area contributed by atoms with Crippen LogP contribution in [0, 0.1) is 11.3 Å². The van der Waals surface area contributed by atoms with Crippen LogP contribution >= 0.6 is 0 Å². The van der Waals surface area contributed by atoms with Crippen LogP contribution in [0.15, 0.2) is 0 Å². The van der Waals surface area contributed by atoms with Gasteiger partial charge in [-0.2, -0.15) is 0 Å². The molecule has 2 unspecified atom stereocenters. The lowest BCUT2D eigenvalue weighted by Crippen LogP contribution is -2.52. The summed E-state index contributed by atoms with van der Waals surface area (Å²) in [4.78, 5) is 23.7. The van der Waals surface area contributed by atoms with Gasteiger partial charge in [0.1, 0.15) is 6.04 Å². The molecule has 104 valence electrons. The molecule has 0 bridgehead atoms. The normalized spacial score (nSPS) is 22.1. The first kappa shape index (κ1) is 15.0. The van der Waals surface area contributed by atoms with Gasteiger partial charge in [0.25, 0.3) is 0 Å². The number of hydrogen-bond acceptors (Lipinski definition) is 3. The second-order valence-electron chi connectivity index (χ2n) is 5.57. The maximum atomic E-state index is 12.3. The Morgan fingerprint density at radius 2 is 2.06 bits per heavy atom. The molecule has 1 rings (SSSR count). The van der Waals surface area contributed by atoms with Crippen molar-refractivity contribution >= 4 is 11.8 Å². The molecule has 2 amide bonds. The van der Waals surface area contributed by atoms with Crippen LogP contribution in [0.3, 0.4) is 0 Å². The molecule has 1 saturated heterocycles. The van der Waals surface area contributed by atoms with Gasteiger partial charge in [-0.3, -0.25) is 9.59 Å². The third kappa shape index (κ3) is 3.45. The molecular weight excluding hydrogens is 230 g/mol. The van der Waals surface area contributed by atoms with Crippen molar-refractivity contribution in [3.8, 4) is 0 Å². The largest absolute Gasteiger partial charge is 0.357 e. The van der Waals surface area contributed by atoms with E-state index in [4.69, 9.17) is 0 Å². The highest BCUT2D eigenvalue weighted by atomic mass is 16.2. The fourth-order valence-corrected chi connectivity index (χ4v) is 2.32. The van der Waals surface area contributed by atoms with E-state index in [2.05, 4.69) is 16.0 Å². The van der Waals surface area contributed by atoms with Crippen molar-refractivity contribution in [1.82, 2.24) is 16.0 Å². The number of amides is 2. The van der Waals surface area contributed by atoms with Crippen molar-refractivity contribution in [2.24, 2.45) is 11.3 Å². The van der Waals surface area contributed by atoms with Crippen molar-refractivity contribution in [1.29, 1.82) is 0 Å². The summed E-state index contributed by atoms with van der Waals surface area (Å²) in [5.74, 6) is 0.108. The van der Waals surface area contributed by atoms with Gasteiger partial charge in [-0.05, 0) is 38.8 Å². The second-order valence-corrected chi connectivity index (χ2v) is 5.57. The lowest BCUT2D eigenvalue weighted by atomic mass is 9.74. The van der Waals surface area contributed by atoms with E-state index in [1.54, 1.807) is 14.0 Å². The monoisotopic (exact) mass is 255 g/mol. The van der Waals surface area contributed by atoms with Crippen LogP contribution in [0.1, 0.15) is 33.6 Å². The molecule has 1 heterocycles. The predicted molar refractivity (Wildman–Crippen MR) is 71.0 cm³/mol. The third-order valence-corrected chi connectivity index (χ3v) is 3.89. The molecule has 3 N–H and O–H groups in total. The fraction of sp³-hybridized carbons (Fsp3) is 0.846. The molecule has 0 aliphatic carbocycles. The Balaban J connectivity index is 2.60. The van der Waals surface area contributed by atoms with Crippen LogP contribution in [-0.4, -0.2) is 38.0 Å². The summed E-state index contributed by atoms with van der Waals surface area (Å²) >= 11 is 0. The molecule has 0 radical (unpaired) electrons. The summed E-state index contributed by atoms with van der Waals surface area (Å²) in [6, 6.07) is -0.488. The van der Waals surface area contributed by atoms with Gasteiger partial charge in [0, 0.05) is 12.5 Å². The van der Waals surface area contributed by atoms with E-state index >= 15 is 0 Å². The molecule has 1 fully saturated rings. The zero-order valence-electron chi connectivity index (χ0n) is 11.8. The number of rotatable bonds is 4. The van der Waals surface area contributed by atoms with Crippen molar-refractivity contribution in [3.63, 3.8) is 0 Å². The standard InChI is InChI=1S/C13H25N3O2/c1-9(11(17)14-4)16-12(18)13(2,3)10-6-5-7-15-8-10/h9-10,15H,5-8H2,1-4H3,(H,14,17)(H,16,18). The molecule has 0 aromatic carbocycles. The molecule has 0 aromatic heterocycles. The molecule has 5 heteroatoms. The number of carbonyl (C=O) groups is 2. The highest BCUT2D eigenvalue weighted by Crippen LogP contribution is 2.31. The lowest BCUT2D eigenvalue weighted by molar-refractivity contribution is -0.136. The van der Waals surface area contributed by atoms with E-state index in [0.29, 0.717) is 5.92 Å². The first-order valence-electron chi connectivity index (χ1n) is 6.63. The van der Waals surface area contributed by atoms with Gasteiger partial charge in [-0.15, -0.1) is 0 Å². The van der Waals surface area contributed by atoms with Crippen LogP contribution in [0.2, 0.25) is 0 Å². The average Bonchev–Trinajstić information content (AvgIpc) is 2.38. The molecule has 0 spiro atoms. The zero-order chi connectivity index (χ0) is 13.8. The SMILES string of the molecule is CNC(=O)C(C)NC(=O)C(C)(C)C1CCCNC1. The molecule has 1 aliphatic heterocycles.